The van der Waals surface area contributed by atoms with Crippen LogP contribution in [0.4, 0.5) is 5.69 Å². The van der Waals surface area contributed by atoms with E-state index in [4.69, 9.17) is 10.4 Å². The Bertz CT molecular complexity index is 207. The van der Waals surface area contributed by atoms with E-state index in [1.807, 2.05) is 6.92 Å². The molecule has 0 radical (unpaired) electrons. The lowest BCUT2D eigenvalue weighted by Crippen LogP contribution is -2.10. The first-order valence-corrected chi connectivity index (χ1v) is 2.80. The van der Waals surface area contributed by atoms with E-state index < -0.39 is 0 Å². The van der Waals surface area contributed by atoms with Gasteiger partial charge in [-0.3, -0.25) is 15.4 Å². The van der Waals surface area contributed by atoms with E-state index in [0.29, 0.717) is 0 Å². The number of pyridine rings is 1. The van der Waals surface area contributed by atoms with Crippen molar-refractivity contribution in [3.05, 3.63) is 24.0 Å². The first-order chi connectivity index (χ1) is 4.70. The van der Waals surface area contributed by atoms with E-state index in [-0.39, 0.29) is 10.9 Å². The molecule has 0 aliphatic carbocycles. The maximum absolute atomic E-state index is 8.46. The van der Waals surface area contributed by atoms with E-state index in [1.54, 1.807) is 12.1 Å². The lowest BCUT2D eigenvalue weighted by atomic mass is 10.3. The van der Waals surface area contributed by atoms with Crippen molar-refractivity contribution in [2.45, 2.75) is 6.92 Å². The quantitative estimate of drug-likeness (QED) is 0.571. The van der Waals surface area contributed by atoms with E-state index in [0.717, 1.165) is 5.69 Å². The fraction of sp³-hybridized carbons (Fsp3) is 0.167. The smallest absolute Gasteiger partial charge is 0.113 e. The van der Waals surface area contributed by atoms with Crippen molar-refractivity contribution in [2.24, 2.45) is 0 Å². The zero-order valence-electron chi connectivity index (χ0n) is 5.52. The van der Waals surface area contributed by atoms with Crippen LogP contribution in [0.2, 0.25) is 0 Å². The number of aromatic nitrogens is 1. The molecule has 0 spiro atoms. The topological polar surface area (TPSA) is 56.6 Å². The van der Waals surface area contributed by atoms with Crippen LogP contribution in [0.25, 0.3) is 0 Å². The summed E-state index contributed by atoms with van der Waals surface area (Å²) >= 11 is 0. The minimum absolute atomic E-state index is 0.0342. The molecule has 2 N–H and O–H groups in total. The van der Waals surface area contributed by atoms with Gasteiger partial charge in [-0.25, -0.2) is 0 Å². The Morgan fingerprint density at radius 3 is 2.50 bits per heavy atom. The van der Waals surface area contributed by atoms with Crippen molar-refractivity contribution in [2.75, 3.05) is 5.23 Å². The van der Waals surface area contributed by atoms with Gasteiger partial charge in [-0.05, 0) is 19.1 Å². The molecular weight excluding hydrogens is 132 g/mol. The number of hydrogen-bond donors (Lipinski definition) is 2. The average Bonchev–Trinajstić information content (AvgIpc) is 1.88. The normalized spacial score (nSPS) is 9.50. The molecule has 10 heavy (non-hydrogen) atoms. The Morgan fingerprint density at radius 2 is 2.10 bits per heavy atom. The summed E-state index contributed by atoms with van der Waals surface area (Å²) in [6.07, 6.45) is 1.37. The highest BCUT2D eigenvalue weighted by Crippen LogP contribution is 2.07. The molecular formula is C6H8N2O2. The highest BCUT2D eigenvalue weighted by Gasteiger charge is 1.95. The number of rotatable bonds is 1. The van der Waals surface area contributed by atoms with Gasteiger partial charge in [-0.15, -0.1) is 5.23 Å². The predicted molar refractivity (Wildman–Crippen MR) is 35.0 cm³/mol. The first kappa shape index (κ1) is 6.98. The van der Waals surface area contributed by atoms with Crippen molar-refractivity contribution in [1.29, 1.82) is 0 Å². The van der Waals surface area contributed by atoms with Gasteiger partial charge in [0.1, 0.15) is 5.69 Å². The fourth-order valence-corrected chi connectivity index (χ4v) is 0.578. The molecule has 0 atom stereocenters. The summed E-state index contributed by atoms with van der Waals surface area (Å²) in [5.41, 5.74) is 1.09. The highest BCUT2D eigenvalue weighted by molar-refractivity contribution is 5.38. The van der Waals surface area contributed by atoms with E-state index in [9.17, 15) is 0 Å². The molecule has 1 aromatic rings. The number of anilines is 1. The minimum atomic E-state index is 0.0342. The molecule has 0 saturated heterocycles. The Labute approximate surface area is 58.3 Å². The molecule has 0 unspecified atom stereocenters. The maximum atomic E-state index is 8.46. The standard InChI is InChI=1S/C6H8N2O2/c1-5-2-3-6(4-7-5)8(9)10/h2-4,9-10H,1H3. The van der Waals surface area contributed by atoms with Crippen LogP contribution < -0.4 is 5.23 Å². The number of aryl methyl sites for hydroxylation is 1. The van der Waals surface area contributed by atoms with Gasteiger partial charge >= 0.3 is 0 Å². The molecule has 0 aromatic carbocycles. The summed E-state index contributed by atoms with van der Waals surface area (Å²) in [5.74, 6) is 0. The average molecular weight is 140 g/mol. The monoisotopic (exact) mass is 140 g/mol. The van der Waals surface area contributed by atoms with Crippen LogP contribution >= 0.6 is 0 Å². The Kier molecular flexibility index (Phi) is 1.84. The third-order valence-electron chi connectivity index (χ3n) is 1.13. The zero-order valence-corrected chi connectivity index (χ0v) is 5.52. The van der Waals surface area contributed by atoms with Crippen molar-refractivity contribution in [1.82, 2.24) is 4.98 Å². The summed E-state index contributed by atoms with van der Waals surface area (Å²) in [6.45, 7) is 1.82. The van der Waals surface area contributed by atoms with Crippen LogP contribution in [-0.4, -0.2) is 15.4 Å². The summed E-state index contributed by atoms with van der Waals surface area (Å²) in [7, 11) is 0. The number of nitrogens with zero attached hydrogens (tertiary/aromatic N) is 2. The molecule has 1 aromatic heterocycles. The maximum Gasteiger partial charge on any atom is 0.113 e. The van der Waals surface area contributed by atoms with Gasteiger partial charge in [0.25, 0.3) is 0 Å². The largest absolute Gasteiger partial charge is 0.264 e. The molecule has 4 nitrogen and oxygen atoms in total. The van der Waals surface area contributed by atoms with Crippen LogP contribution in [-0.2, 0) is 0 Å². The minimum Gasteiger partial charge on any atom is -0.264 e. The molecule has 0 fully saturated rings. The molecule has 54 valence electrons. The van der Waals surface area contributed by atoms with Gasteiger partial charge in [-0.2, -0.15) is 0 Å². The second-order valence-corrected chi connectivity index (χ2v) is 1.95. The van der Waals surface area contributed by atoms with Gasteiger partial charge in [0.2, 0.25) is 0 Å². The van der Waals surface area contributed by atoms with E-state index in [2.05, 4.69) is 4.98 Å². The SMILES string of the molecule is Cc1ccc(N(O)O)cn1. The number of hydrogen-bond acceptors (Lipinski definition) is 4. The van der Waals surface area contributed by atoms with Gasteiger partial charge in [0.05, 0.1) is 6.20 Å². The molecule has 0 bridgehead atoms. The van der Waals surface area contributed by atoms with Crippen molar-refractivity contribution >= 4 is 5.69 Å². The second kappa shape index (κ2) is 2.64. The summed E-state index contributed by atoms with van der Waals surface area (Å²) < 4.78 is 0. The van der Waals surface area contributed by atoms with Crippen LogP contribution in [0.3, 0.4) is 0 Å². The summed E-state index contributed by atoms with van der Waals surface area (Å²) in [4.78, 5) is 3.84. The van der Waals surface area contributed by atoms with Crippen LogP contribution in [0.5, 0.6) is 0 Å². The van der Waals surface area contributed by atoms with Crippen molar-refractivity contribution < 1.29 is 10.4 Å². The fourth-order valence-electron chi connectivity index (χ4n) is 0.578. The molecule has 0 aliphatic rings. The highest BCUT2D eigenvalue weighted by atomic mass is 16.8. The molecule has 0 saturated carbocycles. The van der Waals surface area contributed by atoms with Gasteiger partial charge in [-0.1, -0.05) is 0 Å². The van der Waals surface area contributed by atoms with Gasteiger partial charge in [0.15, 0.2) is 0 Å². The lowest BCUT2D eigenvalue weighted by Gasteiger charge is -2.05. The predicted octanol–water partition coefficient (Wildman–Crippen LogP) is 0.975. The van der Waals surface area contributed by atoms with E-state index in [1.165, 1.54) is 6.20 Å². The van der Waals surface area contributed by atoms with Crippen molar-refractivity contribution in [3.8, 4) is 0 Å². The molecule has 0 aliphatic heterocycles. The molecule has 1 rings (SSSR count). The summed E-state index contributed by atoms with van der Waals surface area (Å²) in [6, 6.07) is 3.25. The lowest BCUT2D eigenvalue weighted by molar-refractivity contribution is 0.0290. The van der Waals surface area contributed by atoms with Crippen LogP contribution in [0, 0.1) is 6.92 Å². The van der Waals surface area contributed by atoms with Gasteiger partial charge < -0.3 is 0 Å². The van der Waals surface area contributed by atoms with Crippen molar-refractivity contribution in [3.63, 3.8) is 0 Å². The molecule has 0 amide bonds. The van der Waals surface area contributed by atoms with Crippen LogP contribution in [0.1, 0.15) is 5.69 Å². The summed E-state index contributed by atoms with van der Waals surface area (Å²) in [5, 5.41) is 17.0. The first-order valence-electron chi connectivity index (χ1n) is 2.80. The Balaban J connectivity index is 2.89. The molecule has 1 heterocycles. The Hall–Kier alpha value is -1.13. The Morgan fingerprint density at radius 1 is 1.40 bits per heavy atom. The van der Waals surface area contributed by atoms with E-state index >= 15 is 0 Å². The molecule has 4 heteroatoms. The zero-order chi connectivity index (χ0) is 7.56. The van der Waals surface area contributed by atoms with Crippen LogP contribution in [0.15, 0.2) is 18.3 Å². The second-order valence-electron chi connectivity index (χ2n) is 1.95. The third kappa shape index (κ3) is 1.43. The van der Waals surface area contributed by atoms with Gasteiger partial charge in [0, 0.05) is 5.69 Å². The third-order valence-corrected chi connectivity index (χ3v) is 1.13.